The fraction of sp³-hybridized carbons (Fsp3) is 0.364. The highest BCUT2D eigenvalue weighted by molar-refractivity contribution is 6.04. The van der Waals surface area contributed by atoms with Gasteiger partial charge in [-0.15, -0.1) is 0 Å². The highest BCUT2D eigenvalue weighted by Crippen LogP contribution is 2.30. The van der Waals surface area contributed by atoms with Crippen molar-refractivity contribution in [1.82, 2.24) is 4.90 Å². The summed E-state index contributed by atoms with van der Waals surface area (Å²) in [6.45, 7) is 6.43. The summed E-state index contributed by atoms with van der Waals surface area (Å²) >= 11 is 0. The fourth-order valence-electron chi connectivity index (χ4n) is 3.20. The van der Waals surface area contributed by atoms with E-state index in [4.69, 9.17) is 4.74 Å². The van der Waals surface area contributed by atoms with E-state index in [-0.39, 0.29) is 23.7 Å². The van der Waals surface area contributed by atoms with Crippen molar-refractivity contribution in [3.8, 4) is 5.75 Å². The first kappa shape index (κ1) is 19.9. The quantitative estimate of drug-likeness (QED) is 0.832. The minimum atomic E-state index is -0.505. The Hall–Kier alpha value is -2.89. The topological polar surface area (TPSA) is 58.6 Å². The maximum Gasteiger partial charge on any atom is 0.264 e. The Balaban J connectivity index is 1.86. The van der Waals surface area contributed by atoms with Crippen molar-refractivity contribution in [1.29, 1.82) is 0 Å². The van der Waals surface area contributed by atoms with Gasteiger partial charge in [-0.25, -0.2) is 4.39 Å². The molecule has 0 bridgehead atoms. The second-order valence-electron chi connectivity index (χ2n) is 7.02. The van der Waals surface area contributed by atoms with E-state index in [9.17, 15) is 14.0 Å². The number of nitrogens with zero attached hydrogens (tertiary/aromatic N) is 1. The van der Waals surface area contributed by atoms with Gasteiger partial charge in [0, 0.05) is 29.4 Å². The van der Waals surface area contributed by atoms with E-state index >= 15 is 0 Å². The molecule has 1 aliphatic rings. The van der Waals surface area contributed by atoms with Crippen LogP contribution in [0.1, 0.15) is 49.5 Å². The maximum absolute atomic E-state index is 13.0. The summed E-state index contributed by atoms with van der Waals surface area (Å²) in [7, 11) is 0. The molecule has 2 amide bonds. The molecule has 0 unspecified atom stereocenters. The third-order valence-electron chi connectivity index (χ3n) is 5.09. The zero-order valence-electron chi connectivity index (χ0n) is 16.4. The van der Waals surface area contributed by atoms with E-state index in [1.807, 2.05) is 31.7 Å². The Morgan fingerprint density at radius 3 is 2.61 bits per heavy atom. The second kappa shape index (κ2) is 8.42. The van der Waals surface area contributed by atoms with Gasteiger partial charge in [0.25, 0.3) is 11.8 Å². The highest BCUT2D eigenvalue weighted by atomic mass is 19.1. The summed E-state index contributed by atoms with van der Waals surface area (Å²) in [5.41, 5.74) is 1.82. The van der Waals surface area contributed by atoms with E-state index < -0.39 is 6.10 Å². The average Bonchev–Trinajstić information content (AvgIpc) is 2.84. The number of hydrogen-bond donors (Lipinski definition) is 1. The van der Waals surface area contributed by atoms with Crippen LogP contribution in [0.5, 0.6) is 5.75 Å². The van der Waals surface area contributed by atoms with Crippen LogP contribution in [0.25, 0.3) is 0 Å². The standard InChI is InChI=1S/C22H25FN2O3/c1-4-14(3)25-13-16-12-18(10-11-20(16)28-19(5-2)22(25)27)24-21(26)15-6-8-17(23)9-7-15/h6-12,14,19H,4-5,13H2,1-3H3,(H,24,26)/t14-,19+/m1/s1. The van der Waals surface area contributed by atoms with Gasteiger partial charge >= 0.3 is 0 Å². The first-order valence-electron chi connectivity index (χ1n) is 9.59. The molecule has 3 rings (SSSR count). The molecule has 28 heavy (non-hydrogen) atoms. The van der Waals surface area contributed by atoms with Crippen molar-refractivity contribution in [3.05, 3.63) is 59.4 Å². The van der Waals surface area contributed by atoms with Crippen LogP contribution in [0.4, 0.5) is 10.1 Å². The third-order valence-corrected chi connectivity index (χ3v) is 5.09. The molecule has 0 aliphatic carbocycles. The van der Waals surface area contributed by atoms with Gasteiger partial charge in [-0.05, 0) is 62.2 Å². The molecule has 2 aromatic carbocycles. The SMILES string of the molecule is CC[C@@H]1Oc2ccc(NC(=O)c3ccc(F)cc3)cc2CN([C@H](C)CC)C1=O. The van der Waals surface area contributed by atoms with Crippen LogP contribution in [0.3, 0.4) is 0 Å². The number of hydrogen-bond acceptors (Lipinski definition) is 3. The lowest BCUT2D eigenvalue weighted by Gasteiger charge is -2.28. The third kappa shape index (κ3) is 4.16. The predicted molar refractivity (Wildman–Crippen MR) is 106 cm³/mol. The molecule has 5 nitrogen and oxygen atoms in total. The van der Waals surface area contributed by atoms with E-state index in [0.29, 0.717) is 30.0 Å². The number of benzene rings is 2. The monoisotopic (exact) mass is 384 g/mol. The summed E-state index contributed by atoms with van der Waals surface area (Å²) < 4.78 is 19.0. The summed E-state index contributed by atoms with van der Waals surface area (Å²) in [5, 5.41) is 2.82. The van der Waals surface area contributed by atoms with Crippen molar-refractivity contribution in [2.24, 2.45) is 0 Å². The molecule has 0 saturated heterocycles. The molecule has 1 aliphatic heterocycles. The Morgan fingerprint density at radius 1 is 1.25 bits per heavy atom. The summed E-state index contributed by atoms with van der Waals surface area (Å²) in [4.78, 5) is 27.1. The van der Waals surface area contributed by atoms with Crippen LogP contribution in [0.15, 0.2) is 42.5 Å². The molecule has 1 N–H and O–H groups in total. The van der Waals surface area contributed by atoms with Crippen LogP contribution in [-0.4, -0.2) is 28.9 Å². The highest BCUT2D eigenvalue weighted by Gasteiger charge is 2.32. The number of carbonyl (C=O) groups is 2. The molecule has 2 aromatic rings. The molecule has 0 spiro atoms. The lowest BCUT2D eigenvalue weighted by Crippen LogP contribution is -2.43. The van der Waals surface area contributed by atoms with Gasteiger partial charge in [-0.3, -0.25) is 9.59 Å². The van der Waals surface area contributed by atoms with Crippen molar-refractivity contribution >= 4 is 17.5 Å². The van der Waals surface area contributed by atoms with Gasteiger partial charge in [0.1, 0.15) is 11.6 Å². The van der Waals surface area contributed by atoms with E-state index in [1.54, 1.807) is 12.1 Å². The van der Waals surface area contributed by atoms with E-state index in [2.05, 4.69) is 5.32 Å². The normalized spacial score (nSPS) is 17.4. The molecule has 0 radical (unpaired) electrons. The van der Waals surface area contributed by atoms with E-state index in [0.717, 1.165) is 12.0 Å². The van der Waals surface area contributed by atoms with Crippen molar-refractivity contribution in [3.63, 3.8) is 0 Å². The molecule has 2 atom stereocenters. The smallest absolute Gasteiger partial charge is 0.264 e. The van der Waals surface area contributed by atoms with Gasteiger partial charge in [0.15, 0.2) is 6.10 Å². The maximum atomic E-state index is 13.0. The first-order chi connectivity index (χ1) is 13.4. The number of rotatable bonds is 5. The number of halogens is 1. The minimum Gasteiger partial charge on any atom is -0.480 e. The van der Waals surface area contributed by atoms with Gasteiger partial charge in [0.2, 0.25) is 0 Å². The van der Waals surface area contributed by atoms with Crippen LogP contribution in [0, 0.1) is 5.82 Å². The number of nitrogens with one attached hydrogen (secondary N) is 1. The van der Waals surface area contributed by atoms with Crippen molar-refractivity contribution < 1.29 is 18.7 Å². The lowest BCUT2D eigenvalue weighted by atomic mass is 10.1. The lowest BCUT2D eigenvalue weighted by molar-refractivity contribution is -0.140. The van der Waals surface area contributed by atoms with Crippen molar-refractivity contribution in [2.45, 2.75) is 52.3 Å². The zero-order chi connectivity index (χ0) is 20.3. The number of ether oxygens (including phenoxy) is 1. The molecule has 6 heteroatoms. The van der Waals surface area contributed by atoms with Crippen molar-refractivity contribution in [2.75, 3.05) is 5.32 Å². The molecule has 148 valence electrons. The molecular formula is C22H25FN2O3. The molecule has 0 aromatic heterocycles. The Kier molecular flexibility index (Phi) is 5.97. The van der Waals surface area contributed by atoms with Crippen LogP contribution in [0.2, 0.25) is 0 Å². The predicted octanol–water partition coefficient (Wildman–Crippen LogP) is 4.38. The van der Waals surface area contributed by atoms with Gasteiger partial charge < -0.3 is 15.0 Å². The first-order valence-corrected chi connectivity index (χ1v) is 9.59. The van der Waals surface area contributed by atoms with Gasteiger partial charge in [-0.1, -0.05) is 13.8 Å². The number of anilines is 1. The summed E-state index contributed by atoms with van der Waals surface area (Å²) in [6.07, 6.45) is 0.933. The Morgan fingerprint density at radius 2 is 1.96 bits per heavy atom. The zero-order valence-corrected chi connectivity index (χ0v) is 16.4. The van der Waals surface area contributed by atoms with Crippen LogP contribution < -0.4 is 10.1 Å². The van der Waals surface area contributed by atoms with Gasteiger partial charge in [0.05, 0.1) is 0 Å². The second-order valence-corrected chi connectivity index (χ2v) is 7.02. The fourth-order valence-corrected chi connectivity index (χ4v) is 3.20. The summed E-state index contributed by atoms with van der Waals surface area (Å²) in [5.74, 6) is -0.0643. The van der Waals surface area contributed by atoms with Crippen LogP contribution in [-0.2, 0) is 11.3 Å². The molecule has 0 fully saturated rings. The van der Waals surface area contributed by atoms with Gasteiger partial charge in [-0.2, -0.15) is 0 Å². The number of carbonyl (C=O) groups excluding carboxylic acids is 2. The number of fused-ring (bicyclic) bond motifs is 1. The van der Waals surface area contributed by atoms with Crippen LogP contribution >= 0.6 is 0 Å². The Labute approximate surface area is 164 Å². The molecule has 0 saturated carbocycles. The molecular weight excluding hydrogens is 359 g/mol. The average molecular weight is 384 g/mol. The summed E-state index contributed by atoms with van der Waals surface area (Å²) in [6, 6.07) is 10.8. The number of amides is 2. The minimum absolute atomic E-state index is 0.00931. The largest absolute Gasteiger partial charge is 0.480 e. The molecule has 1 heterocycles. The van der Waals surface area contributed by atoms with E-state index in [1.165, 1.54) is 24.3 Å². The Bertz CT molecular complexity index is 867.